The van der Waals surface area contributed by atoms with Crippen LogP contribution in [-0.4, -0.2) is 49.2 Å². The van der Waals surface area contributed by atoms with Gasteiger partial charge < -0.3 is 19.7 Å². The van der Waals surface area contributed by atoms with Crippen LogP contribution in [0.3, 0.4) is 0 Å². The standard InChI is InChI=1S/C26H28FN3O3/c1-18-14-23(29-22-5-3-4-21(27)15-22)16-25(28-18)20-10-11-30(17-20)26(31)19-6-8-24(9-7-19)33-13-12-32-2/h3-9,14-16,20H,10-13,17H2,1-2H3,(H,28,29)/t20-/m1/s1. The zero-order valence-electron chi connectivity index (χ0n) is 18.9. The Morgan fingerprint density at radius 3 is 2.70 bits per heavy atom. The lowest BCUT2D eigenvalue weighted by Gasteiger charge is -2.17. The number of aromatic nitrogens is 1. The molecule has 1 N–H and O–H groups in total. The van der Waals surface area contributed by atoms with Gasteiger partial charge in [0.05, 0.1) is 6.61 Å². The van der Waals surface area contributed by atoms with Crippen LogP contribution in [0.2, 0.25) is 0 Å². The molecule has 2 heterocycles. The van der Waals surface area contributed by atoms with Crippen molar-refractivity contribution in [3.05, 3.63) is 83.4 Å². The molecule has 0 aliphatic carbocycles. The topological polar surface area (TPSA) is 63.7 Å². The van der Waals surface area contributed by atoms with E-state index in [0.29, 0.717) is 43.3 Å². The third kappa shape index (κ3) is 5.87. The van der Waals surface area contributed by atoms with E-state index >= 15 is 0 Å². The van der Waals surface area contributed by atoms with Crippen LogP contribution in [0.4, 0.5) is 15.8 Å². The Kier molecular flexibility index (Phi) is 7.19. The number of carbonyl (C=O) groups excluding carboxylic acids is 1. The molecule has 2 aromatic carbocycles. The second-order valence-corrected chi connectivity index (χ2v) is 8.16. The first-order valence-electron chi connectivity index (χ1n) is 11.0. The number of ether oxygens (including phenoxy) is 2. The molecule has 0 radical (unpaired) electrons. The zero-order valence-corrected chi connectivity index (χ0v) is 18.9. The summed E-state index contributed by atoms with van der Waals surface area (Å²) in [5, 5.41) is 3.25. The summed E-state index contributed by atoms with van der Waals surface area (Å²) in [6.07, 6.45) is 0.847. The highest BCUT2D eigenvalue weighted by Crippen LogP contribution is 2.30. The van der Waals surface area contributed by atoms with E-state index in [1.54, 1.807) is 25.3 Å². The summed E-state index contributed by atoms with van der Waals surface area (Å²) in [4.78, 5) is 19.6. The van der Waals surface area contributed by atoms with E-state index < -0.39 is 0 Å². The highest BCUT2D eigenvalue weighted by Gasteiger charge is 2.29. The highest BCUT2D eigenvalue weighted by molar-refractivity contribution is 5.94. The third-order valence-corrected chi connectivity index (χ3v) is 5.64. The molecule has 1 aromatic heterocycles. The number of pyridine rings is 1. The van der Waals surface area contributed by atoms with Gasteiger partial charge in [-0.15, -0.1) is 0 Å². The van der Waals surface area contributed by atoms with E-state index in [2.05, 4.69) is 5.32 Å². The summed E-state index contributed by atoms with van der Waals surface area (Å²) in [6.45, 7) is 4.21. The van der Waals surface area contributed by atoms with Crippen LogP contribution >= 0.6 is 0 Å². The summed E-state index contributed by atoms with van der Waals surface area (Å²) in [5.41, 5.74) is 3.99. The molecule has 172 valence electrons. The quantitative estimate of drug-likeness (QED) is 0.494. The van der Waals surface area contributed by atoms with Crippen molar-refractivity contribution in [1.29, 1.82) is 0 Å². The molecule has 0 unspecified atom stereocenters. The molecule has 1 aliphatic rings. The van der Waals surface area contributed by atoms with Crippen molar-refractivity contribution in [3.8, 4) is 5.75 Å². The number of halogens is 1. The zero-order chi connectivity index (χ0) is 23.2. The van der Waals surface area contributed by atoms with Gasteiger partial charge in [0.2, 0.25) is 0 Å². The van der Waals surface area contributed by atoms with Crippen molar-refractivity contribution in [3.63, 3.8) is 0 Å². The number of nitrogens with one attached hydrogen (secondary N) is 1. The molecule has 1 aliphatic heterocycles. The first kappa shape index (κ1) is 22.7. The van der Waals surface area contributed by atoms with Gasteiger partial charge in [-0.3, -0.25) is 9.78 Å². The molecule has 1 saturated heterocycles. The predicted octanol–water partition coefficient (Wildman–Crippen LogP) is 4.93. The molecule has 33 heavy (non-hydrogen) atoms. The van der Waals surface area contributed by atoms with Crippen LogP contribution in [0.1, 0.15) is 34.1 Å². The van der Waals surface area contributed by atoms with Crippen LogP contribution in [-0.2, 0) is 4.74 Å². The summed E-state index contributed by atoms with van der Waals surface area (Å²) < 4.78 is 24.1. The largest absolute Gasteiger partial charge is 0.491 e. The van der Waals surface area contributed by atoms with Gasteiger partial charge in [-0.25, -0.2) is 4.39 Å². The molecule has 0 bridgehead atoms. The smallest absolute Gasteiger partial charge is 0.253 e. The van der Waals surface area contributed by atoms with E-state index in [9.17, 15) is 9.18 Å². The number of hydrogen-bond acceptors (Lipinski definition) is 5. The Balaban J connectivity index is 1.41. The number of hydrogen-bond donors (Lipinski definition) is 1. The van der Waals surface area contributed by atoms with Gasteiger partial charge in [0.15, 0.2) is 0 Å². The lowest BCUT2D eigenvalue weighted by atomic mass is 10.0. The van der Waals surface area contributed by atoms with Gasteiger partial charge in [0, 0.05) is 54.4 Å². The van der Waals surface area contributed by atoms with E-state index in [-0.39, 0.29) is 17.6 Å². The van der Waals surface area contributed by atoms with Crippen LogP contribution in [0, 0.1) is 12.7 Å². The maximum atomic E-state index is 13.5. The molecule has 1 fully saturated rings. The molecule has 0 saturated carbocycles. The molecule has 1 amide bonds. The van der Waals surface area contributed by atoms with Gasteiger partial charge in [-0.2, -0.15) is 0 Å². The minimum absolute atomic E-state index is 0.00621. The van der Waals surface area contributed by atoms with E-state index in [1.165, 1.54) is 12.1 Å². The van der Waals surface area contributed by atoms with Crippen LogP contribution < -0.4 is 10.1 Å². The average molecular weight is 450 g/mol. The van der Waals surface area contributed by atoms with Crippen molar-refractivity contribution in [2.45, 2.75) is 19.3 Å². The summed E-state index contributed by atoms with van der Waals surface area (Å²) in [7, 11) is 1.63. The number of rotatable bonds is 8. The average Bonchev–Trinajstić information content (AvgIpc) is 3.29. The van der Waals surface area contributed by atoms with Gasteiger partial charge in [-0.1, -0.05) is 6.07 Å². The monoisotopic (exact) mass is 449 g/mol. The van der Waals surface area contributed by atoms with E-state index in [4.69, 9.17) is 14.5 Å². The second-order valence-electron chi connectivity index (χ2n) is 8.16. The van der Waals surface area contributed by atoms with Crippen molar-refractivity contribution >= 4 is 17.3 Å². The number of anilines is 2. The first-order valence-corrected chi connectivity index (χ1v) is 11.0. The molecule has 6 nitrogen and oxygen atoms in total. The second kappa shape index (κ2) is 10.4. The van der Waals surface area contributed by atoms with Crippen LogP contribution in [0.25, 0.3) is 0 Å². The highest BCUT2D eigenvalue weighted by atomic mass is 19.1. The maximum absolute atomic E-state index is 13.5. The third-order valence-electron chi connectivity index (χ3n) is 5.64. The predicted molar refractivity (Wildman–Crippen MR) is 126 cm³/mol. The van der Waals surface area contributed by atoms with E-state index in [0.717, 1.165) is 23.5 Å². The Bertz CT molecular complexity index is 1100. The number of nitrogens with zero attached hydrogens (tertiary/aromatic N) is 2. The number of methoxy groups -OCH3 is 1. The number of benzene rings is 2. The maximum Gasteiger partial charge on any atom is 0.253 e. The van der Waals surface area contributed by atoms with Gasteiger partial charge in [0.1, 0.15) is 18.2 Å². The number of carbonyl (C=O) groups is 1. The SMILES string of the molecule is COCCOc1ccc(C(=O)N2CC[C@@H](c3cc(Nc4cccc(F)c4)cc(C)n3)C2)cc1. The lowest BCUT2D eigenvalue weighted by Crippen LogP contribution is -2.28. The Morgan fingerprint density at radius 1 is 1.12 bits per heavy atom. The van der Waals surface area contributed by atoms with Crippen LogP contribution in [0.15, 0.2) is 60.7 Å². The van der Waals surface area contributed by atoms with Crippen molar-refractivity contribution < 1.29 is 18.7 Å². The van der Waals surface area contributed by atoms with E-state index in [1.807, 2.05) is 42.2 Å². The lowest BCUT2D eigenvalue weighted by molar-refractivity contribution is 0.0790. The van der Waals surface area contributed by atoms with Gasteiger partial charge in [-0.05, 0) is 67.9 Å². The minimum atomic E-state index is -0.287. The summed E-state index contributed by atoms with van der Waals surface area (Å²) in [5.74, 6) is 0.584. The Labute approximate surface area is 193 Å². The molecular weight excluding hydrogens is 421 g/mol. The van der Waals surface area contributed by atoms with Gasteiger partial charge >= 0.3 is 0 Å². The molecule has 0 spiro atoms. The molecule has 4 rings (SSSR count). The summed E-state index contributed by atoms with van der Waals surface area (Å²) in [6, 6.07) is 17.5. The Morgan fingerprint density at radius 2 is 1.94 bits per heavy atom. The molecular formula is C26H28FN3O3. The fraction of sp³-hybridized carbons (Fsp3) is 0.308. The molecule has 1 atom stereocenters. The minimum Gasteiger partial charge on any atom is -0.491 e. The first-order chi connectivity index (χ1) is 16.0. The van der Waals surface area contributed by atoms with Gasteiger partial charge in [0.25, 0.3) is 5.91 Å². The molecule has 7 heteroatoms. The fourth-order valence-corrected chi connectivity index (χ4v) is 4.01. The summed E-state index contributed by atoms with van der Waals surface area (Å²) >= 11 is 0. The number of aryl methyl sites for hydroxylation is 1. The van der Waals surface area contributed by atoms with Crippen molar-refractivity contribution in [1.82, 2.24) is 9.88 Å². The normalized spacial score (nSPS) is 15.5. The van der Waals surface area contributed by atoms with Crippen LogP contribution in [0.5, 0.6) is 5.75 Å². The fourth-order valence-electron chi connectivity index (χ4n) is 4.01. The Hall–Kier alpha value is -3.45. The number of amides is 1. The van der Waals surface area contributed by atoms with Crippen molar-refractivity contribution in [2.75, 3.05) is 38.7 Å². The molecule has 3 aromatic rings. The number of likely N-dealkylation sites (tertiary alicyclic amines) is 1. The van der Waals surface area contributed by atoms with Crippen molar-refractivity contribution in [2.24, 2.45) is 0 Å².